The second-order valence-electron chi connectivity index (χ2n) is 7.00. The van der Waals surface area contributed by atoms with Gasteiger partial charge in [0.05, 0.1) is 28.6 Å². The maximum absolute atomic E-state index is 13.0. The van der Waals surface area contributed by atoms with Crippen LogP contribution in [0, 0.1) is 6.92 Å². The predicted molar refractivity (Wildman–Crippen MR) is 112 cm³/mol. The van der Waals surface area contributed by atoms with Crippen LogP contribution in [0.3, 0.4) is 0 Å². The van der Waals surface area contributed by atoms with Gasteiger partial charge >= 0.3 is 0 Å². The Labute approximate surface area is 176 Å². The van der Waals surface area contributed by atoms with E-state index in [1.54, 1.807) is 37.6 Å². The number of nitrogens with zero attached hydrogens (tertiary/aromatic N) is 3. The number of furan rings is 1. The summed E-state index contributed by atoms with van der Waals surface area (Å²) in [4.78, 5) is 21.9. The highest BCUT2D eigenvalue weighted by Crippen LogP contribution is 2.27. The lowest BCUT2D eigenvalue weighted by Gasteiger charge is -2.06. The molecule has 0 fully saturated rings. The molecule has 8 nitrogen and oxygen atoms in total. The van der Waals surface area contributed by atoms with E-state index in [9.17, 15) is 4.79 Å². The Bertz CT molecular complexity index is 1340. The first-order valence-corrected chi connectivity index (χ1v) is 9.78. The van der Waals surface area contributed by atoms with Gasteiger partial charge in [-0.3, -0.25) is 4.79 Å². The summed E-state index contributed by atoms with van der Waals surface area (Å²) in [5.74, 6) is 0.847. The molecule has 0 atom stereocenters. The van der Waals surface area contributed by atoms with Gasteiger partial charge in [-0.15, -0.1) is 0 Å². The standard InChI is InChI=1S/C23H18N4O4/c1-14-20-17(12-18(19-8-5-11-29-19)26-23(20)31-27-14)21(28)24-10-9-16-13-30-22(25-16)15-6-3-2-4-7-15/h2-8,11-13H,9-10H2,1H3,(H,24,28). The largest absolute Gasteiger partial charge is 0.463 e. The van der Waals surface area contributed by atoms with E-state index >= 15 is 0 Å². The molecule has 1 amide bonds. The second-order valence-corrected chi connectivity index (χ2v) is 7.00. The Morgan fingerprint density at radius 1 is 1.06 bits per heavy atom. The van der Waals surface area contributed by atoms with Crippen LogP contribution in [-0.2, 0) is 6.42 Å². The number of hydrogen-bond acceptors (Lipinski definition) is 7. The first-order chi connectivity index (χ1) is 15.2. The first kappa shape index (κ1) is 18.8. The van der Waals surface area contributed by atoms with Gasteiger partial charge in [-0.1, -0.05) is 23.4 Å². The van der Waals surface area contributed by atoms with Crippen LogP contribution in [0.1, 0.15) is 21.7 Å². The number of rotatable bonds is 6. The zero-order chi connectivity index (χ0) is 21.2. The summed E-state index contributed by atoms with van der Waals surface area (Å²) >= 11 is 0. The van der Waals surface area contributed by atoms with Crippen molar-refractivity contribution in [1.29, 1.82) is 0 Å². The highest BCUT2D eigenvalue weighted by molar-refractivity contribution is 6.06. The maximum atomic E-state index is 13.0. The lowest BCUT2D eigenvalue weighted by atomic mass is 10.1. The third-order valence-electron chi connectivity index (χ3n) is 4.87. The van der Waals surface area contributed by atoms with Crippen LogP contribution in [0.5, 0.6) is 0 Å². The van der Waals surface area contributed by atoms with Gasteiger partial charge in [-0.25, -0.2) is 9.97 Å². The van der Waals surface area contributed by atoms with Crippen LogP contribution >= 0.6 is 0 Å². The van der Waals surface area contributed by atoms with E-state index in [1.807, 2.05) is 30.3 Å². The van der Waals surface area contributed by atoms with Gasteiger partial charge in [0.1, 0.15) is 12.0 Å². The number of carbonyl (C=O) groups excluding carboxylic acids is 1. The van der Waals surface area contributed by atoms with Crippen molar-refractivity contribution in [2.75, 3.05) is 6.54 Å². The van der Waals surface area contributed by atoms with Gasteiger partial charge in [-0.2, -0.15) is 0 Å². The fourth-order valence-electron chi connectivity index (χ4n) is 3.36. The molecule has 1 aromatic carbocycles. The number of nitrogens with one attached hydrogen (secondary N) is 1. The van der Waals surface area contributed by atoms with Crippen molar-refractivity contribution in [2.45, 2.75) is 13.3 Å². The Morgan fingerprint density at radius 2 is 1.94 bits per heavy atom. The topological polar surface area (TPSA) is 107 Å². The van der Waals surface area contributed by atoms with Crippen LogP contribution < -0.4 is 5.32 Å². The van der Waals surface area contributed by atoms with Crippen molar-refractivity contribution in [1.82, 2.24) is 20.4 Å². The average molecular weight is 414 g/mol. The van der Waals surface area contributed by atoms with Crippen LogP contribution in [0.15, 0.2) is 74.4 Å². The molecular weight excluding hydrogens is 396 g/mol. The van der Waals surface area contributed by atoms with Crippen molar-refractivity contribution in [2.24, 2.45) is 0 Å². The van der Waals surface area contributed by atoms with Crippen molar-refractivity contribution >= 4 is 17.0 Å². The fourth-order valence-corrected chi connectivity index (χ4v) is 3.36. The van der Waals surface area contributed by atoms with E-state index in [-0.39, 0.29) is 5.91 Å². The second kappa shape index (κ2) is 7.91. The Balaban J connectivity index is 1.33. The summed E-state index contributed by atoms with van der Waals surface area (Å²) in [6, 6.07) is 14.9. The number of oxazole rings is 1. The summed E-state index contributed by atoms with van der Waals surface area (Å²) in [5, 5.41) is 7.46. The lowest BCUT2D eigenvalue weighted by Crippen LogP contribution is -2.26. The molecule has 0 saturated heterocycles. The Hall–Kier alpha value is -4.20. The van der Waals surface area contributed by atoms with E-state index in [2.05, 4.69) is 20.4 Å². The van der Waals surface area contributed by atoms with Crippen LogP contribution in [0.2, 0.25) is 0 Å². The summed E-state index contributed by atoms with van der Waals surface area (Å²) < 4.78 is 16.3. The van der Waals surface area contributed by atoms with Crippen LogP contribution in [-0.4, -0.2) is 27.6 Å². The Morgan fingerprint density at radius 3 is 2.74 bits per heavy atom. The molecule has 5 rings (SSSR count). The normalized spacial score (nSPS) is 11.1. The molecule has 0 aliphatic rings. The minimum absolute atomic E-state index is 0.252. The molecule has 1 N–H and O–H groups in total. The molecule has 5 aromatic rings. The summed E-state index contributed by atoms with van der Waals surface area (Å²) in [6.45, 7) is 2.17. The zero-order valence-electron chi connectivity index (χ0n) is 16.7. The number of aromatic nitrogens is 3. The van der Waals surface area contributed by atoms with Crippen molar-refractivity contribution < 1.29 is 18.2 Å². The van der Waals surface area contributed by atoms with Crippen LogP contribution in [0.25, 0.3) is 34.0 Å². The maximum Gasteiger partial charge on any atom is 0.259 e. The van der Waals surface area contributed by atoms with Gasteiger partial charge in [0, 0.05) is 18.5 Å². The van der Waals surface area contributed by atoms with Gasteiger partial charge in [0.15, 0.2) is 5.76 Å². The van der Waals surface area contributed by atoms with Gasteiger partial charge in [-0.05, 0) is 37.3 Å². The molecule has 31 heavy (non-hydrogen) atoms. The summed E-state index contributed by atoms with van der Waals surface area (Å²) in [5.41, 5.74) is 3.49. The van der Waals surface area contributed by atoms with Crippen LogP contribution in [0.4, 0.5) is 0 Å². The Kier molecular flexibility index (Phi) is 4.80. The molecule has 4 heterocycles. The quantitative estimate of drug-likeness (QED) is 0.438. The van der Waals surface area contributed by atoms with E-state index in [4.69, 9.17) is 13.4 Å². The minimum atomic E-state index is -0.252. The molecule has 0 aliphatic heterocycles. The minimum Gasteiger partial charge on any atom is -0.463 e. The van der Waals surface area contributed by atoms with Gasteiger partial charge < -0.3 is 18.7 Å². The molecule has 0 saturated carbocycles. The SMILES string of the molecule is Cc1noc2nc(-c3ccco3)cc(C(=O)NCCc3coc(-c4ccccc4)n3)c12. The molecule has 0 unspecified atom stereocenters. The number of hydrogen-bond donors (Lipinski definition) is 1. The molecule has 0 bridgehead atoms. The molecule has 0 radical (unpaired) electrons. The smallest absolute Gasteiger partial charge is 0.259 e. The predicted octanol–water partition coefficient (Wildman–Crippen LogP) is 4.42. The highest BCUT2D eigenvalue weighted by atomic mass is 16.5. The molecule has 4 aromatic heterocycles. The molecule has 0 aliphatic carbocycles. The van der Waals surface area contributed by atoms with E-state index < -0.39 is 0 Å². The third-order valence-corrected chi connectivity index (χ3v) is 4.87. The van der Waals surface area contributed by atoms with Gasteiger partial charge in [0.25, 0.3) is 11.6 Å². The molecule has 154 valence electrons. The van der Waals surface area contributed by atoms with Crippen molar-refractivity contribution in [3.63, 3.8) is 0 Å². The summed E-state index contributed by atoms with van der Waals surface area (Å²) in [6.07, 6.45) is 3.69. The number of benzene rings is 1. The first-order valence-electron chi connectivity index (χ1n) is 9.78. The third kappa shape index (κ3) is 3.71. The van der Waals surface area contributed by atoms with E-state index in [0.29, 0.717) is 52.7 Å². The monoisotopic (exact) mass is 414 g/mol. The number of amides is 1. The number of pyridine rings is 1. The average Bonchev–Trinajstić information content (AvgIpc) is 3.55. The van der Waals surface area contributed by atoms with Gasteiger partial charge in [0.2, 0.25) is 5.89 Å². The lowest BCUT2D eigenvalue weighted by molar-refractivity contribution is 0.0955. The highest BCUT2D eigenvalue weighted by Gasteiger charge is 2.20. The zero-order valence-corrected chi connectivity index (χ0v) is 16.7. The molecular formula is C23H18N4O4. The summed E-state index contributed by atoms with van der Waals surface area (Å²) in [7, 11) is 0. The number of carbonyl (C=O) groups is 1. The molecule has 8 heteroatoms. The fraction of sp³-hybridized carbons (Fsp3) is 0.130. The van der Waals surface area contributed by atoms with Crippen molar-refractivity contribution in [3.8, 4) is 22.9 Å². The van der Waals surface area contributed by atoms with Crippen molar-refractivity contribution in [3.05, 3.63) is 78.0 Å². The molecule has 0 spiro atoms. The van der Waals surface area contributed by atoms with E-state index in [0.717, 1.165) is 11.3 Å². The number of fused-ring (bicyclic) bond motifs is 1. The van der Waals surface area contributed by atoms with E-state index in [1.165, 1.54) is 0 Å². The number of aryl methyl sites for hydroxylation is 1.